The zero-order chi connectivity index (χ0) is 2.00. The number of rotatable bonds is 0. The Morgan fingerprint density at radius 2 is 1.25 bits per heavy atom. The van der Waals surface area contributed by atoms with Crippen LogP contribution in [0.2, 0.25) is 0 Å². The maximum atomic E-state index is 3.78. The van der Waals surface area contributed by atoms with Gasteiger partial charge in [0.2, 0.25) is 0 Å². The van der Waals surface area contributed by atoms with Crippen molar-refractivity contribution in [3.05, 3.63) is 0 Å². The maximum absolute atomic E-state index is 3.78. The number of hydrogen-bond acceptors (Lipinski definition) is 1. The summed E-state index contributed by atoms with van der Waals surface area (Å²) < 4.78 is 0. The molecule has 0 aromatic carbocycles. The van der Waals surface area contributed by atoms with Gasteiger partial charge in [-0.15, -0.1) is 0 Å². The first-order chi connectivity index (χ1) is 1.00. The molecule has 0 aliphatic rings. The van der Waals surface area contributed by atoms with Crippen molar-refractivity contribution in [3.8, 4) is 0 Å². The molecule has 4 heavy (non-hydrogen) atoms. The topological polar surface area (TPSA) is 0 Å². The van der Waals surface area contributed by atoms with Crippen LogP contribution in [0.5, 0.6) is 0 Å². The van der Waals surface area contributed by atoms with Gasteiger partial charge in [0.15, 0.2) is 0 Å². The van der Waals surface area contributed by atoms with Crippen molar-refractivity contribution in [3.63, 3.8) is 0 Å². The van der Waals surface area contributed by atoms with Gasteiger partial charge in [0.1, 0.15) is 0 Å². The average molecular weight is 97.0 g/mol. The normalized spacial score (nSPS) is 1.00. The Bertz CT molecular complexity index is 8.00. The molecule has 0 unspecified atom stereocenters. The molecule has 0 fully saturated rings. The van der Waals surface area contributed by atoms with E-state index in [9.17, 15) is 0 Å². The van der Waals surface area contributed by atoms with Gasteiger partial charge in [-0.25, -0.2) is 0 Å². The van der Waals surface area contributed by atoms with Crippen LogP contribution in [0.15, 0.2) is 0 Å². The van der Waals surface area contributed by atoms with Crippen LogP contribution >= 0.6 is 8.02 Å². The van der Waals surface area contributed by atoms with Gasteiger partial charge in [0.25, 0.3) is 0 Å². The SMILES string of the molecule is [Al].[Li].[P]=S. The summed E-state index contributed by atoms with van der Waals surface area (Å²) in [4.78, 5) is 0. The third kappa shape index (κ3) is 9.42. The molecule has 0 amide bonds. The molecule has 0 nitrogen and oxygen atoms in total. The molecule has 0 aromatic heterocycles. The third-order valence-corrected chi connectivity index (χ3v) is 0. The van der Waals surface area contributed by atoms with Crippen LogP contribution in [0.1, 0.15) is 0 Å². The molecular weight excluding hydrogens is 97.0 g/mol. The largest absolute Gasteiger partial charge is 0.0464 e. The fraction of sp³-hybridized carbons (Fsp3) is 0. The van der Waals surface area contributed by atoms with Gasteiger partial charge in [0.05, 0.1) is 0 Å². The first kappa shape index (κ1) is 17.4. The Balaban J connectivity index is -0.00000000500. The molecule has 0 N–H and O–H groups in total. The molecular formula is AlLiPS. The average Bonchev–Trinajstić information content (AvgIpc) is 1.00. The Labute approximate surface area is 55.9 Å². The second-order valence-corrected chi connectivity index (χ2v) is 0. The predicted octanol–water partition coefficient (Wildman–Crippen LogP) is 0.0972. The molecule has 0 aliphatic heterocycles. The summed E-state index contributed by atoms with van der Waals surface area (Å²) in [5.41, 5.74) is 0. The minimum Gasteiger partial charge on any atom is -0.0464 e. The Morgan fingerprint density at radius 3 is 1.25 bits per heavy atom. The molecule has 4 heteroatoms. The van der Waals surface area contributed by atoms with Gasteiger partial charge in [-0.05, 0) is 11.8 Å². The minimum atomic E-state index is 0. The summed E-state index contributed by atoms with van der Waals surface area (Å²) in [6.45, 7) is 0. The summed E-state index contributed by atoms with van der Waals surface area (Å²) >= 11 is 3.78. The molecule has 0 rings (SSSR count). The summed E-state index contributed by atoms with van der Waals surface area (Å²) in [7, 11) is 3.11. The molecule has 0 bridgehead atoms. The molecule has 0 atom stereocenters. The smallest absolute Gasteiger partial charge is 0.0464 e. The van der Waals surface area contributed by atoms with Gasteiger partial charge in [0, 0.05) is 44.2 Å². The third-order valence-electron chi connectivity index (χ3n) is 0. The molecule has 0 aromatic rings. The van der Waals surface area contributed by atoms with Crippen molar-refractivity contribution < 1.29 is 0 Å². The molecule has 0 saturated heterocycles. The van der Waals surface area contributed by atoms with Crippen LogP contribution in [0.25, 0.3) is 0 Å². The Kier molecular flexibility index (Phi) is 99.0. The van der Waals surface area contributed by atoms with E-state index in [0.29, 0.717) is 0 Å². The van der Waals surface area contributed by atoms with Gasteiger partial charge in [-0.1, -0.05) is 0 Å². The second-order valence-electron chi connectivity index (χ2n) is 0. The molecule has 5 radical (unpaired) electrons. The standard InChI is InChI=1S/Al.Li.PS/c;;1-2. The van der Waals surface area contributed by atoms with E-state index in [2.05, 4.69) is 19.8 Å². The minimum absolute atomic E-state index is 0. The molecule has 0 heterocycles. The zero-order valence-electron chi connectivity index (χ0n) is 2.43. The van der Waals surface area contributed by atoms with Crippen molar-refractivity contribution in [2.45, 2.75) is 0 Å². The fourth-order valence-corrected chi connectivity index (χ4v) is 0. The van der Waals surface area contributed by atoms with Crippen LogP contribution in [-0.4, -0.2) is 36.2 Å². The molecule has 0 spiro atoms. The molecule has 15 valence electrons. The van der Waals surface area contributed by atoms with E-state index in [0.717, 1.165) is 0 Å². The second kappa shape index (κ2) is 22.8. The van der Waals surface area contributed by atoms with Gasteiger partial charge >= 0.3 is 0 Å². The quantitative estimate of drug-likeness (QED) is 0.305. The number of hydrogen-bond donors (Lipinski definition) is 0. The predicted molar refractivity (Wildman–Crippen MR) is 25.8 cm³/mol. The monoisotopic (exact) mass is 96.9 g/mol. The molecule has 0 saturated carbocycles. The van der Waals surface area contributed by atoms with Gasteiger partial charge in [-0.2, -0.15) is 0 Å². The Hall–Kier alpha value is 1.65. The van der Waals surface area contributed by atoms with Crippen molar-refractivity contribution in [1.29, 1.82) is 0 Å². The van der Waals surface area contributed by atoms with E-state index in [4.69, 9.17) is 0 Å². The van der Waals surface area contributed by atoms with E-state index in [1.807, 2.05) is 0 Å². The first-order valence-corrected chi connectivity index (χ1v) is 1.64. The van der Waals surface area contributed by atoms with Crippen molar-refractivity contribution in [2.24, 2.45) is 0 Å². The van der Waals surface area contributed by atoms with Crippen LogP contribution in [0, 0.1) is 0 Å². The van der Waals surface area contributed by atoms with E-state index in [1.165, 1.54) is 0 Å². The summed E-state index contributed by atoms with van der Waals surface area (Å²) in [6.07, 6.45) is 0. The van der Waals surface area contributed by atoms with E-state index in [-0.39, 0.29) is 36.2 Å². The Morgan fingerprint density at radius 1 is 1.25 bits per heavy atom. The van der Waals surface area contributed by atoms with Crippen LogP contribution < -0.4 is 0 Å². The summed E-state index contributed by atoms with van der Waals surface area (Å²) in [5.74, 6) is 0. The van der Waals surface area contributed by atoms with E-state index < -0.39 is 0 Å². The summed E-state index contributed by atoms with van der Waals surface area (Å²) in [5, 5.41) is 0. The fourth-order valence-electron chi connectivity index (χ4n) is 0. The maximum Gasteiger partial charge on any atom is 0.0464 e. The van der Waals surface area contributed by atoms with Crippen molar-refractivity contribution in [1.82, 2.24) is 0 Å². The van der Waals surface area contributed by atoms with E-state index >= 15 is 0 Å². The van der Waals surface area contributed by atoms with Crippen LogP contribution in [-0.2, 0) is 11.8 Å². The zero-order valence-corrected chi connectivity index (χ0v) is 5.30. The van der Waals surface area contributed by atoms with Crippen LogP contribution in [0.4, 0.5) is 0 Å². The van der Waals surface area contributed by atoms with Gasteiger partial charge < -0.3 is 0 Å². The van der Waals surface area contributed by atoms with Crippen LogP contribution in [0.3, 0.4) is 0 Å². The molecule has 0 aliphatic carbocycles. The van der Waals surface area contributed by atoms with Crippen molar-refractivity contribution in [2.75, 3.05) is 0 Å². The van der Waals surface area contributed by atoms with E-state index in [1.54, 1.807) is 0 Å². The summed E-state index contributed by atoms with van der Waals surface area (Å²) in [6, 6.07) is 0. The van der Waals surface area contributed by atoms with Crippen molar-refractivity contribution >= 4 is 56.0 Å². The first-order valence-electron chi connectivity index (χ1n) is 0.183. The van der Waals surface area contributed by atoms with Gasteiger partial charge in [-0.3, -0.25) is 0 Å².